The average Bonchev–Trinajstić information content (AvgIpc) is 3.08. The van der Waals surface area contributed by atoms with Crippen molar-refractivity contribution in [2.45, 2.75) is 33.3 Å². The lowest BCUT2D eigenvalue weighted by atomic mass is 10.0. The third-order valence-electron chi connectivity index (χ3n) is 4.06. The van der Waals surface area contributed by atoms with E-state index < -0.39 is 5.63 Å². The number of carbonyl (C=O) groups is 1. The van der Waals surface area contributed by atoms with Gasteiger partial charge in [0.05, 0.1) is 12.7 Å². The number of fused-ring (bicyclic) bond motifs is 1. The first-order chi connectivity index (χ1) is 11.5. The molecule has 0 saturated heterocycles. The molecule has 3 rings (SSSR count). The van der Waals surface area contributed by atoms with Crippen LogP contribution in [0.5, 0.6) is 0 Å². The summed E-state index contributed by atoms with van der Waals surface area (Å²) in [6.07, 6.45) is 2.28. The number of ether oxygens (including phenoxy) is 1. The van der Waals surface area contributed by atoms with E-state index in [0.29, 0.717) is 17.6 Å². The van der Waals surface area contributed by atoms with Gasteiger partial charge in [0.2, 0.25) is 0 Å². The molecular formula is C19H18O5. The molecule has 0 aliphatic rings. The molecule has 0 unspecified atom stereocenters. The van der Waals surface area contributed by atoms with Crippen LogP contribution < -0.4 is 5.63 Å². The Labute approximate surface area is 138 Å². The lowest BCUT2D eigenvalue weighted by Crippen LogP contribution is -2.08. The third kappa shape index (κ3) is 3.40. The lowest BCUT2D eigenvalue weighted by molar-refractivity contribution is -0.144. The molecule has 5 nitrogen and oxygen atoms in total. The van der Waals surface area contributed by atoms with Gasteiger partial charge in [-0.15, -0.1) is 0 Å². The summed E-state index contributed by atoms with van der Waals surface area (Å²) in [5.41, 5.74) is 2.70. The number of benzene rings is 1. The fraction of sp³-hybridized carbons (Fsp3) is 0.263. The Balaban J connectivity index is 1.74. The van der Waals surface area contributed by atoms with Crippen molar-refractivity contribution in [1.29, 1.82) is 0 Å². The number of esters is 1. The third-order valence-corrected chi connectivity index (χ3v) is 4.06. The number of carbonyl (C=O) groups excluding carboxylic acids is 1. The summed E-state index contributed by atoms with van der Waals surface area (Å²) in [7, 11) is 0. The first-order valence-corrected chi connectivity index (χ1v) is 7.75. The Morgan fingerprint density at radius 3 is 2.79 bits per heavy atom. The fourth-order valence-electron chi connectivity index (χ4n) is 2.55. The molecule has 5 heteroatoms. The van der Waals surface area contributed by atoms with Gasteiger partial charge in [-0.05, 0) is 37.1 Å². The van der Waals surface area contributed by atoms with Gasteiger partial charge in [-0.2, -0.15) is 0 Å². The summed E-state index contributed by atoms with van der Waals surface area (Å²) in [5, 5.41) is 0.788. The van der Waals surface area contributed by atoms with Crippen molar-refractivity contribution in [2.75, 3.05) is 0 Å². The SMILES string of the molecule is Cc1ccc2c(COC(=O)CCc3ccco3)cc(=O)oc2c1C. The molecule has 0 fully saturated rings. The summed E-state index contributed by atoms with van der Waals surface area (Å²) >= 11 is 0. The Bertz CT molecular complexity index is 919. The molecule has 2 heterocycles. The summed E-state index contributed by atoms with van der Waals surface area (Å²) in [6.45, 7) is 3.90. The smallest absolute Gasteiger partial charge is 0.336 e. The highest BCUT2D eigenvalue weighted by atomic mass is 16.5. The number of furan rings is 1. The second-order valence-electron chi connectivity index (χ2n) is 5.71. The zero-order valence-corrected chi connectivity index (χ0v) is 13.6. The molecule has 0 amide bonds. The number of rotatable bonds is 5. The van der Waals surface area contributed by atoms with Crippen molar-refractivity contribution in [3.63, 3.8) is 0 Å². The molecule has 0 aliphatic carbocycles. The molecule has 3 aromatic rings. The van der Waals surface area contributed by atoms with Crippen molar-refractivity contribution < 1.29 is 18.4 Å². The minimum Gasteiger partial charge on any atom is -0.469 e. The van der Waals surface area contributed by atoms with Gasteiger partial charge in [-0.25, -0.2) is 4.79 Å². The summed E-state index contributed by atoms with van der Waals surface area (Å²) in [4.78, 5) is 23.7. The Hall–Kier alpha value is -2.82. The van der Waals surface area contributed by atoms with E-state index in [2.05, 4.69) is 0 Å². The minimum absolute atomic E-state index is 0.0432. The summed E-state index contributed by atoms with van der Waals surface area (Å²) < 4.78 is 15.8. The Kier molecular flexibility index (Phi) is 4.51. The van der Waals surface area contributed by atoms with Crippen LogP contribution in [-0.4, -0.2) is 5.97 Å². The highest BCUT2D eigenvalue weighted by Crippen LogP contribution is 2.23. The molecule has 0 N–H and O–H groups in total. The van der Waals surface area contributed by atoms with Gasteiger partial charge in [0.25, 0.3) is 0 Å². The summed E-state index contributed by atoms with van der Waals surface area (Å²) in [6, 6.07) is 8.80. The Morgan fingerprint density at radius 1 is 1.21 bits per heavy atom. The van der Waals surface area contributed by atoms with Gasteiger partial charge in [0.15, 0.2) is 0 Å². The van der Waals surface area contributed by atoms with Crippen molar-refractivity contribution in [1.82, 2.24) is 0 Å². The predicted octanol–water partition coefficient (Wildman–Crippen LogP) is 3.68. The molecule has 0 radical (unpaired) electrons. The largest absolute Gasteiger partial charge is 0.469 e. The average molecular weight is 326 g/mol. The molecule has 24 heavy (non-hydrogen) atoms. The molecule has 0 saturated carbocycles. The van der Waals surface area contributed by atoms with Crippen LogP contribution >= 0.6 is 0 Å². The fourth-order valence-corrected chi connectivity index (χ4v) is 2.55. The minimum atomic E-state index is -0.446. The van der Waals surface area contributed by atoms with Crippen LogP contribution in [-0.2, 0) is 22.6 Å². The van der Waals surface area contributed by atoms with E-state index in [1.807, 2.05) is 32.0 Å². The molecule has 0 atom stereocenters. The topological polar surface area (TPSA) is 69.7 Å². The maximum atomic E-state index is 11.9. The molecule has 0 spiro atoms. The van der Waals surface area contributed by atoms with Crippen molar-refractivity contribution in [2.24, 2.45) is 0 Å². The van der Waals surface area contributed by atoms with Crippen LogP contribution in [0.15, 0.2) is 50.2 Å². The summed E-state index contributed by atoms with van der Waals surface area (Å²) in [5.74, 6) is 0.403. The maximum Gasteiger partial charge on any atom is 0.336 e. The van der Waals surface area contributed by atoms with Gasteiger partial charge in [-0.1, -0.05) is 12.1 Å². The van der Waals surface area contributed by atoms with Crippen LogP contribution in [0, 0.1) is 13.8 Å². The van der Waals surface area contributed by atoms with Crippen LogP contribution in [0.4, 0.5) is 0 Å². The number of hydrogen-bond acceptors (Lipinski definition) is 5. The molecule has 0 bridgehead atoms. The lowest BCUT2D eigenvalue weighted by Gasteiger charge is -2.09. The molecular weight excluding hydrogens is 308 g/mol. The number of hydrogen-bond donors (Lipinski definition) is 0. The van der Waals surface area contributed by atoms with Gasteiger partial charge in [0.1, 0.15) is 18.0 Å². The number of aryl methyl sites for hydroxylation is 3. The van der Waals surface area contributed by atoms with Crippen molar-refractivity contribution in [3.8, 4) is 0 Å². The van der Waals surface area contributed by atoms with Gasteiger partial charge in [0, 0.05) is 23.4 Å². The van der Waals surface area contributed by atoms with Crippen LogP contribution in [0.1, 0.15) is 28.9 Å². The van der Waals surface area contributed by atoms with E-state index in [4.69, 9.17) is 13.6 Å². The standard InChI is InChI=1S/C19H18O5/c1-12-5-7-16-14(10-18(21)24-19(16)13(12)2)11-23-17(20)8-6-15-4-3-9-22-15/h3-5,7,9-10H,6,8,11H2,1-2H3. The van der Waals surface area contributed by atoms with Crippen molar-refractivity contribution >= 4 is 16.9 Å². The molecule has 0 aliphatic heterocycles. The predicted molar refractivity (Wildman–Crippen MR) is 88.8 cm³/mol. The normalized spacial score (nSPS) is 10.9. The van der Waals surface area contributed by atoms with Crippen LogP contribution in [0.3, 0.4) is 0 Å². The first kappa shape index (κ1) is 16.1. The van der Waals surface area contributed by atoms with E-state index >= 15 is 0 Å². The highest BCUT2D eigenvalue weighted by Gasteiger charge is 2.12. The van der Waals surface area contributed by atoms with Crippen molar-refractivity contribution in [3.05, 3.63) is 69.5 Å². The zero-order chi connectivity index (χ0) is 17.1. The van der Waals surface area contributed by atoms with E-state index in [1.165, 1.54) is 6.07 Å². The van der Waals surface area contributed by atoms with E-state index in [9.17, 15) is 9.59 Å². The van der Waals surface area contributed by atoms with E-state index in [-0.39, 0.29) is 19.0 Å². The molecule has 1 aromatic carbocycles. The van der Waals surface area contributed by atoms with Crippen LogP contribution in [0.2, 0.25) is 0 Å². The van der Waals surface area contributed by atoms with Gasteiger partial charge >= 0.3 is 11.6 Å². The maximum absolute atomic E-state index is 11.9. The monoisotopic (exact) mass is 326 g/mol. The quantitative estimate of drug-likeness (QED) is 0.528. The van der Waals surface area contributed by atoms with E-state index in [0.717, 1.165) is 22.3 Å². The molecule has 124 valence electrons. The second kappa shape index (κ2) is 6.74. The Morgan fingerprint density at radius 2 is 2.04 bits per heavy atom. The van der Waals surface area contributed by atoms with Gasteiger partial charge in [-0.3, -0.25) is 4.79 Å². The highest BCUT2D eigenvalue weighted by molar-refractivity contribution is 5.84. The van der Waals surface area contributed by atoms with Gasteiger partial charge < -0.3 is 13.6 Å². The first-order valence-electron chi connectivity index (χ1n) is 7.75. The zero-order valence-electron chi connectivity index (χ0n) is 13.6. The second-order valence-corrected chi connectivity index (χ2v) is 5.71. The molecule has 2 aromatic heterocycles. The van der Waals surface area contributed by atoms with E-state index in [1.54, 1.807) is 12.3 Å². The van der Waals surface area contributed by atoms with Crippen LogP contribution in [0.25, 0.3) is 11.0 Å².